The van der Waals surface area contributed by atoms with Gasteiger partial charge in [-0.15, -0.1) is 0 Å². The number of aldehydes is 1. The molecular formula is C61H62Cl2N6O11S2. The Morgan fingerprint density at radius 2 is 1.32 bits per heavy atom. The van der Waals surface area contributed by atoms with E-state index < -0.39 is 69.3 Å². The summed E-state index contributed by atoms with van der Waals surface area (Å²) >= 11 is 14.7. The molecule has 1 heterocycles. The summed E-state index contributed by atoms with van der Waals surface area (Å²) in [5, 5.41) is 19.0. The normalized spacial score (nSPS) is 13.0. The van der Waals surface area contributed by atoms with Gasteiger partial charge in [0.15, 0.2) is 5.78 Å². The summed E-state index contributed by atoms with van der Waals surface area (Å²) in [6.07, 6.45) is 1.81. The Balaban J connectivity index is 1.26. The third kappa shape index (κ3) is 16.4. The zero-order valence-corrected chi connectivity index (χ0v) is 48.7. The van der Waals surface area contributed by atoms with Gasteiger partial charge < -0.3 is 36.3 Å². The number of amides is 3. The number of phenolic OH excluding ortho intramolecular Hbond substituents is 1. The first-order valence-corrected chi connectivity index (χ1v) is 29.2. The molecule has 4 atom stereocenters. The largest absolute Gasteiger partial charge is 0.508 e. The Labute approximate surface area is 490 Å². The number of hydrogen-bond donors (Lipinski definition) is 5. The number of phenols is 1. The second kappa shape index (κ2) is 27.8. The van der Waals surface area contributed by atoms with Gasteiger partial charge in [0.25, 0.3) is 10.0 Å². The lowest BCUT2D eigenvalue weighted by Gasteiger charge is -2.27. The topological polar surface area (TPSA) is 255 Å². The number of hydrogen-bond acceptors (Lipinski definition) is 14. The van der Waals surface area contributed by atoms with Crippen molar-refractivity contribution in [3.63, 3.8) is 0 Å². The van der Waals surface area contributed by atoms with E-state index in [1.165, 1.54) is 66.5 Å². The molecule has 7 aromatic rings. The number of carbonyl (C=O) groups is 6. The molecule has 0 saturated carbocycles. The molecule has 0 radical (unpaired) electrons. The summed E-state index contributed by atoms with van der Waals surface area (Å²) < 4.78 is 39.4. The van der Waals surface area contributed by atoms with Crippen molar-refractivity contribution in [1.29, 1.82) is 0 Å². The molecule has 17 nitrogen and oxygen atoms in total. The minimum atomic E-state index is -4.15. The number of aromatic hydroxyl groups is 1. The van der Waals surface area contributed by atoms with E-state index >= 15 is 9.59 Å². The minimum absolute atomic E-state index is 0.0198. The Bertz CT molecular complexity index is 3520. The maximum atomic E-state index is 15.7. The van der Waals surface area contributed by atoms with E-state index in [1.807, 2.05) is 31.2 Å². The second-order valence-corrected chi connectivity index (χ2v) is 24.0. The van der Waals surface area contributed by atoms with Crippen LogP contribution in [0.3, 0.4) is 0 Å². The van der Waals surface area contributed by atoms with Crippen LogP contribution in [-0.2, 0) is 60.6 Å². The predicted molar refractivity (Wildman–Crippen MR) is 315 cm³/mol. The highest BCUT2D eigenvalue weighted by atomic mass is 35.5. The van der Waals surface area contributed by atoms with Crippen LogP contribution in [0.15, 0.2) is 151 Å². The van der Waals surface area contributed by atoms with Crippen molar-refractivity contribution in [2.45, 2.75) is 93.8 Å². The number of esters is 1. The molecular weight excluding hydrogens is 1130 g/mol. The number of benzene rings is 6. The minimum Gasteiger partial charge on any atom is -0.508 e. The lowest BCUT2D eigenvalue weighted by atomic mass is 9.85. The maximum absolute atomic E-state index is 15.7. The monoisotopic (exact) mass is 1190 g/mol. The molecule has 3 amide bonds. The molecule has 0 saturated heterocycles. The molecule has 7 rings (SSSR count). The number of nitrogens with zero attached hydrogens (tertiary/aromatic N) is 2. The highest BCUT2D eigenvalue weighted by molar-refractivity contribution is 7.98. The van der Waals surface area contributed by atoms with Gasteiger partial charge in [-0.05, 0) is 110 Å². The fourth-order valence-corrected chi connectivity index (χ4v) is 11.3. The summed E-state index contributed by atoms with van der Waals surface area (Å²) in [4.78, 5) is 91.3. The van der Waals surface area contributed by atoms with Crippen LogP contribution in [0.4, 0.5) is 0 Å². The number of Topliss-reactive ketones (excluding diaryl/α,β-unsaturated/α-hetero) is 1. The first kappa shape index (κ1) is 61.8. The molecule has 0 unspecified atom stereocenters. The van der Waals surface area contributed by atoms with Crippen LogP contribution in [-0.4, -0.2) is 101 Å². The van der Waals surface area contributed by atoms with Gasteiger partial charge in [-0.2, -0.15) is 11.8 Å². The van der Waals surface area contributed by atoms with Crippen LogP contribution in [0.5, 0.6) is 11.5 Å². The molecule has 0 aliphatic rings. The van der Waals surface area contributed by atoms with Crippen LogP contribution in [0.1, 0.15) is 90.9 Å². The number of nitrogens with two attached hydrogens (primary N) is 1. The van der Waals surface area contributed by atoms with Gasteiger partial charge in [0.1, 0.15) is 41.8 Å². The van der Waals surface area contributed by atoms with Gasteiger partial charge >= 0.3 is 5.97 Å². The van der Waals surface area contributed by atoms with E-state index in [0.29, 0.717) is 34.5 Å². The summed E-state index contributed by atoms with van der Waals surface area (Å²) in [6, 6.07) is 29.8. The first-order chi connectivity index (χ1) is 39.0. The Kier molecular flexibility index (Phi) is 20.9. The third-order valence-electron chi connectivity index (χ3n) is 13.0. The summed E-state index contributed by atoms with van der Waals surface area (Å²) in [6.45, 7) is 6.76. The van der Waals surface area contributed by atoms with E-state index in [-0.39, 0.29) is 80.1 Å². The average molecular weight is 1190 g/mol. The predicted octanol–water partition coefficient (Wildman–Crippen LogP) is 8.43. The van der Waals surface area contributed by atoms with Crippen LogP contribution in [0.25, 0.3) is 0 Å². The van der Waals surface area contributed by atoms with Crippen LogP contribution < -0.4 is 26.4 Å². The smallest absolute Gasteiger partial charge is 0.339 e. The summed E-state index contributed by atoms with van der Waals surface area (Å²) in [7, 11) is -2.59. The van der Waals surface area contributed by atoms with Gasteiger partial charge in [0, 0.05) is 64.6 Å². The fourth-order valence-electron chi connectivity index (χ4n) is 8.69. The van der Waals surface area contributed by atoms with Crippen molar-refractivity contribution in [2.75, 3.05) is 12.9 Å². The molecule has 82 heavy (non-hydrogen) atoms. The molecule has 6 N–H and O–H groups in total. The van der Waals surface area contributed by atoms with Gasteiger partial charge in [-0.1, -0.05) is 108 Å². The number of methoxy groups -OCH3 is 1. The molecule has 6 aromatic carbocycles. The third-order valence-corrected chi connectivity index (χ3v) is 16.5. The zero-order valence-electron chi connectivity index (χ0n) is 45.6. The molecule has 428 valence electrons. The van der Waals surface area contributed by atoms with Crippen molar-refractivity contribution < 1.29 is 51.8 Å². The molecule has 0 fully saturated rings. The van der Waals surface area contributed by atoms with Crippen molar-refractivity contribution in [1.82, 2.24) is 24.9 Å². The fraction of sp³-hybridized carbons (Fsp3) is 0.262. The Morgan fingerprint density at radius 3 is 1.94 bits per heavy atom. The summed E-state index contributed by atoms with van der Waals surface area (Å²) in [5.41, 5.74) is 8.26. The van der Waals surface area contributed by atoms with Crippen molar-refractivity contribution in [3.8, 4) is 11.5 Å². The molecule has 1 aromatic heterocycles. The number of halogens is 2. The van der Waals surface area contributed by atoms with Crippen LogP contribution in [0.2, 0.25) is 10.0 Å². The zero-order chi connectivity index (χ0) is 59.3. The number of carbonyl (C=O) groups excluding carboxylic acids is 6. The van der Waals surface area contributed by atoms with E-state index in [4.69, 9.17) is 38.4 Å². The van der Waals surface area contributed by atoms with E-state index in [9.17, 15) is 32.7 Å². The standard InChI is InChI=1S/C61H62Cl2N6O11S2/c1-37-14-25-45(26-15-37)82(77,78)69-32-42(65-36-69)30-54(67-57(73)51(64)35-81-34-40-18-23-44(79-5)24-19-40)59(75)68-53(29-39-16-21-43(71)22-17-39)58(74)66-52(28-38-10-7-6-8-11-38)56(72)55-46(60(76)80-61(2,3)4)27-20-41(33-70)47(55)31-48-49(62)12-9-13-50(48)63/h6-27,32-33,36,51-54,71H,28-31,34-35,64H2,1-5H3,(H,66,74)(H,67,73)(H,68,75)/t51-,52-,53-,54-/m0/s1. The van der Waals surface area contributed by atoms with E-state index in [2.05, 4.69) is 20.9 Å². The van der Waals surface area contributed by atoms with Crippen molar-refractivity contribution in [3.05, 3.63) is 212 Å². The van der Waals surface area contributed by atoms with Crippen LogP contribution >= 0.6 is 35.0 Å². The quantitative estimate of drug-likeness (QED) is 0.0205. The number of nitrogens with one attached hydrogen (secondary N) is 3. The number of thioether (sulfide) groups is 1. The SMILES string of the molecule is COc1ccc(CSC[C@H](N)C(=O)N[C@@H](Cc2cn(S(=O)(=O)c3ccc(C)cc3)cn2)C(=O)N[C@@H](Cc2ccc(O)cc2)C(=O)N[C@@H](Cc2ccccc2)C(=O)c2c(C(=O)OC(C)(C)C)ccc(C=O)c2Cc2c(Cl)cccc2Cl)cc1. The van der Waals surface area contributed by atoms with Crippen LogP contribution in [0, 0.1) is 6.92 Å². The molecule has 0 aliphatic heterocycles. The number of imidazole rings is 1. The Hall–Kier alpha value is -7.81. The van der Waals surface area contributed by atoms with Gasteiger partial charge in [0.05, 0.1) is 35.3 Å². The number of ether oxygens (including phenoxy) is 2. The highest BCUT2D eigenvalue weighted by Gasteiger charge is 2.36. The van der Waals surface area contributed by atoms with Crippen molar-refractivity contribution in [2.24, 2.45) is 5.73 Å². The Morgan fingerprint density at radius 1 is 0.732 bits per heavy atom. The van der Waals surface area contributed by atoms with E-state index in [0.717, 1.165) is 21.4 Å². The molecule has 21 heteroatoms. The molecule has 0 aliphatic carbocycles. The molecule has 0 bridgehead atoms. The maximum Gasteiger partial charge on any atom is 0.339 e. The number of aromatic nitrogens is 2. The average Bonchev–Trinajstić information content (AvgIpc) is 3.41. The lowest BCUT2D eigenvalue weighted by Crippen LogP contribution is -2.58. The highest BCUT2D eigenvalue weighted by Crippen LogP contribution is 2.32. The first-order valence-electron chi connectivity index (χ1n) is 25.9. The summed E-state index contributed by atoms with van der Waals surface area (Å²) in [5.74, 6) is -3.07. The number of ketones is 1. The van der Waals surface area contributed by atoms with Crippen molar-refractivity contribution >= 4 is 80.7 Å². The lowest BCUT2D eigenvalue weighted by molar-refractivity contribution is -0.132. The number of aryl methyl sites for hydroxylation is 1. The van der Waals surface area contributed by atoms with Gasteiger partial charge in [-0.25, -0.2) is 22.2 Å². The molecule has 0 spiro atoms. The van der Waals surface area contributed by atoms with E-state index in [1.54, 1.807) is 88.5 Å². The van der Waals surface area contributed by atoms with Gasteiger partial charge in [-0.3, -0.25) is 24.0 Å². The second-order valence-electron chi connectivity index (χ2n) is 20.3. The van der Waals surface area contributed by atoms with Gasteiger partial charge in [0.2, 0.25) is 17.7 Å². The number of rotatable bonds is 25.